The number of hydrogen-bond acceptors (Lipinski definition) is 5. The van der Waals surface area contributed by atoms with Crippen LogP contribution < -0.4 is 0 Å². The summed E-state index contributed by atoms with van der Waals surface area (Å²) in [5, 5.41) is 9.62. The zero-order valence-corrected chi connectivity index (χ0v) is 40.7. The van der Waals surface area contributed by atoms with Crippen LogP contribution in [0.25, 0.3) is 0 Å². The number of aliphatic hydroxyl groups excluding tert-OH is 1. The van der Waals surface area contributed by atoms with E-state index in [1.807, 2.05) is 0 Å². The molecule has 0 rings (SSSR count). The van der Waals surface area contributed by atoms with Gasteiger partial charge in [0.1, 0.15) is 6.61 Å². The lowest BCUT2D eigenvalue weighted by Gasteiger charge is -2.15. The summed E-state index contributed by atoms with van der Waals surface area (Å²) in [7, 11) is 0. The van der Waals surface area contributed by atoms with E-state index in [0.717, 1.165) is 57.8 Å². The Bertz CT molecular complexity index is 1010. The van der Waals surface area contributed by atoms with Gasteiger partial charge < -0.3 is 14.6 Å². The van der Waals surface area contributed by atoms with E-state index in [2.05, 4.69) is 62.5 Å². The van der Waals surface area contributed by atoms with Crippen molar-refractivity contribution in [3.8, 4) is 0 Å². The highest BCUT2D eigenvalue weighted by Gasteiger charge is 2.16. The minimum absolute atomic E-state index is 0.0680. The fourth-order valence-corrected chi connectivity index (χ4v) is 7.79. The van der Waals surface area contributed by atoms with Gasteiger partial charge in [0.15, 0.2) is 6.10 Å². The topological polar surface area (TPSA) is 72.8 Å². The fourth-order valence-electron chi connectivity index (χ4n) is 7.79. The summed E-state index contributed by atoms with van der Waals surface area (Å²) in [6, 6.07) is 0. The van der Waals surface area contributed by atoms with E-state index >= 15 is 0 Å². The van der Waals surface area contributed by atoms with Crippen LogP contribution in [0.4, 0.5) is 0 Å². The molecule has 0 fully saturated rings. The molecule has 0 aliphatic rings. The molecule has 356 valence electrons. The van der Waals surface area contributed by atoms with Gasteiger partial charge in [-0.3, -0.25) is 9.59 Å². The minimum Gasteiger partial charge on any atom is -0.462 e. The van der Waals surface area contributed by atoms with Crippen molar-refractivity contribution in [1.82, 2.24) is 0 Å². The Morgan fingerprint density at radius 2 is 0.656 bits per heavy atom. The van der Waals surface area contributed by atoms with E-state index in [1.54, 1.807) is 0 Å². The van der Waals surface area contributed by atoms with Gasteiger partial charge in [0.2, 0.25) is 0 Å². The van der Waals surface area contributed by atoms with Gasteiger partial charge in [-0.2, -0.15) is 0 Å². The molecule has 0 aromatic heterocycles. The van der Waals surface area contributed by atoms with Gasteiger partial charge >= 0.3 is 11.9 Å². The number of hydrogen-bond donors (Lipinski definition) is 1. The maximum atomic E-state index is 12.3. The number of unbranched alkanes of at least 4 members (excludes halogenated alkanes) is 33. The second-order valence-electron chi connectivity index (χ2n) is 17.9. The second kappa shape index (κ2) is 52.2. The zero-order valence-electron chi connectivity index (χ0n) is 40.7. The predicted octanol–water partition coefficient (Wildman–Crippen LogP) is 17.7. The van der Waals surface area contributed by atoms with Crippen molar-refractivity contribution in [2.24, 2.45) is 0 Å². The quantitative estimate of drug-likeness (QED) is 0.0375. The summed E-state index contributed by atoms with van der Waals surface area (Å²) in [6.07, 6.45) is 67.9. The highest BCUT2D eigenvalue weighted by Crippen LogP contribution is 2.16. The minimum atomic E-state index is -0.774. The number of carbonyl (C=O) groups excluding carboxylic acids is 2. The van der Waals surface area contributed by atoms with Crippen molar-refractivity contribution in [2.75, 3.05) is 13.2 Å². The molecule has 5 heteroatoms. The third-order valence-corrected chi connectivity index (χ3v) is 11.8. The summed E-state index contributed by atoms with van der Waals surface area (Å²) in [6.45, 7) is 4.14. The summed E-state index contributed by atoms with van der Waals surface area (Å²) in [4.78, 5) is 24.4. The normalized spacial score (nSPS) is 12.5. The summed E-state index contributed by atoms with van der Waals surface area (Å²) < 4.78 is 10.7. The summed E-state index contributed by atoms with van der Waals surface area (Å²) >= 11 is 0. The first kappa shape index (κ1) is 58.9. The molecule has 0 aromatic carbocycles. The van der Waals surface area contributed by atoms with Crippen LogP contribution in [0.5, 0.6) is 0 Å². The number of rotatable bonds is 49. The van der Waals surface area contributed by atoms with E-state index in [-0.39, 0.29) is 25.2 Å². The zero-order chi connectivity index (χ0) is 44.2. The molecule has 0 aliphatic heterocycles. The lowest BCUT2D eigenvalue weighted by atomic mass is 10.0. The molecule has 1 unspecified atom stereocenters. The Balaban J connectivity index is 3.46. The lowest BCUT2D eigenvalue weighted by molar-refractivity contribution is -0.161. The molecule has 0 radical (unpaired) electrons. The van der Waals surface area contributed by atoms with Crippen LogP contribution in [-0.4, -0.2) is 36.4 Å². The Labute approximate surface area is 379 Å². The Morgan fingerprint density at radius 1 is 0.377 bits per heavy atom. The molecule has 1 atom stereocenters. The second-order valence-corrected chi connectivity index (χ2v) is 17.9. The van der Waals surface area contributed by atoms with Crippen molar-refractivity contribution in [3.63, 3.8) is 0 Å². The first-order chi connectivity index (χ1) is 30.1. The number of carbonyl (C=O) groups is 2. The summed E-state index contributed by atoms with van der Waals surface area (Å²) in [5.41, 5.74) is 0. The van der Waals surface area contributed by atoms with Crippen LogP contribution in [0, 0.1) is 0 Å². The highest BCUT2D eigenvalue weighted by atomic mass is 16.6. The van der Waals surface area contributed by atoms with Crippen molar-refractivity contribution >= 4 is 11.9 Å². The van der Waals surface area contributed by atoms with E-state index in [9.17, 15) is 14.7 Å². The first-order valence-electron chi connectivity index (χ1n) is 26.7. The number of esters is 2. The van der Waals surface area contributed by atoms with Crippen LogP contribution in [0.3, 0.4) is 0 Å². The molecule has 5 nitrogen and oxygen atoms in total. The lowest BCUT2D eigenvalue weighted by Crippen LogP contribution is -2.28. The van der Waals surface area contributed by atoms with Gasteiger partial charge in [-0.15, -0.1) is 0 Å². The Kier molecular flexibility index (Phi) is 50.4. The van der Waals surface area contributed by atoms with Gasteiger partial charge in [-0.1, -0.05) is 236 Å². The summed E-state index contributed by atoms with van der Waals surface area (Å²) in [5.74, 6) is -0.591. The smallest absolute Gasteiger partial charge is 0.306 e. The van der Waals surface area contributed by atoms with E-state index in [4.69, 9.17) is 9.47 Å². The van der Waals surface area contributed by atoms with Crippen LogP contribution in [-0.2, 0) is 19.1 Å². The van der Waals surface area contributed by atoms with E-state index < -0.39 is 6.10 Å². The molecular formula is C56H102O5. The third kappa shape index (κ3) is 50.4. The van der Waals surface area contributed by atoms with Gasteiger partial charge in [0, 0.05) is 12.8 Å². The number of aliphatic hydroxyl groups is 1. The fraction of sp³-hybridized carbons (Fsp3) is 0.821. The number of allylic oxidation sites excluding steroid dienone is 8. The van der Waals surface area contributed by atoms with Crippen LogP contribution in [0.1, 0.15) is 277 Å². The maximum absolute atomic E-state index is 12.3. The molecule has 0 amide bonds. The van der Waals surface area contributed by atoms with Crippen molar-refractivity contribution < 1.29 is 24.2 Å². The van der Waals surface area contributed by atoms with Crippen LogP contribution >= 0.6 is 0 Å². The third-order valence-electron chi connectivity index (χ3n) is 11.8. The molecule has 0 aromatic rings. The molecule has 0 spiro atoms. The van der Waals surface area contributed by atoms with E-state index in [0.29, 0.717) is 12.8 Å². The predicted molar refractivity (Wildman–Crippen MR) is 265 cm³/mol. The van der Waals surface area contributed by atoms with Gasteiger partial charge in [-0.05, 0) is 77.0 Å². The first-order valence-corrected chi connectivity index (χ1v) is 26.7. The average molecular weight is 855 g/mol. The maximum Gasteiger partial charge on any atom is 0.306 e. The SMILES string of the molecule is CCCCCCC/C=C\C/C=C\C/C=C\CCCCCCCCCCCCCCCCCCC(=O)OC(CO)COC(=O)CCCCCCC/C=C\CCCCCCCCC. The molecule has 0 heterocycles. The molecule has 0 saturated heterocycles. The van der Waals surface area contributed by atoms with Crippen molar-refractivity contribution in [1.29, 1.82) is 0 Å². The standard InChI is InChI=1S/C56H102O5/c1-3-5-7-9-11-13-15-17-19-21-22-23-24-25-26-27-28-29-30-31-32-33-34-35-37-39-41-43-45-47-49-51-56(59)61-54(52-57)53-60-55(58)50-48-46-44-42-40-38-36-20-18-16-14-12-10-8-6-4-2/h15,17,20-22,24-25,36,54,57H,3-14,16,18-19,23,26-35,37-53H2,1-2H3/b17-15-,22-21-,25-24-,36-20-. The van der Waals surface area contributed by atoms with Crippen LogP contribution in [0.15, 0.2) is 48.6 Å². The Hall–Kier alpha value is -2.14. The molecule has 61 heavy (non-hydrogen) atoms. The van der Waals surface area contributed by atoms with Crippen LogP contribution in [0.2, 0.25) is 0 Å². The average Bonchev–Trinajstić information content (AvgIpc) is 3.26. The molecule has 0 aliphatic carbocycles. The van der Waals surface area contributed by atoms with Crippen molar-refractivity contribution in [2.45, 2.75) is 283 Å². The largest absolute Gasteiger partial charge is 0.462 e. The van der Waals surface area contributed by atoms with Gasteiger partial charge in [0.05, 0.1) is 6.61 Å². The molecule has 1 N–H and O–H groups in total. The molecule has 0 saturated carbocycles. The highest BCUT2D eigenvalue weighted by molar-refractivity contribution is 5.70. The number of ether oxygens (including phenoxy) is 2. The Morgan fingerprint density at radius 3 is 1.00 bits per heavy atom. The molecular weight excluding hydrogens is 753 g/mol. The monoisotopic (exact) mass is 855 g/mol. The van der Waals surface area contributed by atoms with E-state index in [1.165, 1.54) is 193 Å². The van der Waals surface area contributed by atoms with Gasteiger partial charge in [0.25, 0.3) is 0 Å². The molecule has 0 bridgehead atoms. The van der Waals surface area contributed by atoms with Gasteiger partial charge in [-0.25, -0.2) is 0 Å². The van der Waals surface area contributed by atoms with Crippen molar-refractivity contribution in [3.05, 3.63) is 48.6 Å².